The van der Waals surface area contributed by atoms with Crippen LogP contribution in [-0.2, 0) is 0 Å². The molecule has 0 saturated carbocycles. The molecule has 5 nitrogen and oxygen atoms in total. The number of amides is 1. The number of nitrogens with zero attached hydrogens (tertiary/aromatic N) is 3. The Morgan fingerprint density at radius 1 is 1.29 bits per heavy atom. The van der Waals surface area contributed by atoms with Crippen molar-refractivity contribution < 1.29 is 4.79 Å². The molecule has 6 heteroatoms. The first kappa shape index (κ1) is 13.9. The number of rotatable bonds is 4. The van der Waals surface area contributed by atoms with Gasteiger partial charge in [0.2, 0.25) is 5.95 Å². The lowest BCUT2D eigenvalue weighted by Gasteiger charge is -2.39. The van der Waals surface area contributed by atoms with Gasteiger partial charge in [0.1, 0.15) is 0 Å². The second-order valence-electron chi connectivity index (χ2n) is 4.86. The average Bonchev–Trinajstić information content (AvgIpc) is 2.51. The van der Waals surface area contributed by atoms with Crippen molar-refractivity contribution in [1.82, 2.24) is 14.9 Å². The zero-order valence-corrected chi connectivity index (χ0v) is 12.5. The summed E-state index contributed by atoms with van der Waals surface area (Å²) in [6.07, 6.45) is 5.41. The summed E-state index contributed by atoms with van der Waals surface area (Å²) in [6, 6.07) is 9.73. The van der Waals surface area contributed by atoms with Crippen LogP contribution in [0.25, 0.3) is 0 Å². The molecule has 1 aliphatic rings. The third kappa shape index (κ3) is 3.16. The third-order valence-corrected chi connectivity index (χ3v) is 4.11. The molecule has 1 aromatic carbocycles. The van der Waals surface area contributed by atoms with Crippen molar-refractivity contribution in [2.45, 2.75) is 10.9 Å². The summed E-state index contributed by atoms with van der Waals surface area (Å²) in [5, 5.41) is 3.22. The molecule has 1 aliphatic heterocycles. The molecule has 0 spiro atoms. The molecule has 0 bridgehead atoms. The number of hydrogen-bond acceptors (Lipinski definition) is 5. The van der Waals surface area contributed by atoms with Gasteiger partial charge < -0.3 is 10.2 Å². The summed E-state index contributed by atoms with van der Waals surface area (Å²) in [7, 11) is 0. The highest BCUT2D eigenvalue weighted by Crippen LogP contribution is 2.20. The van der Waals surface area contributed by atoms with Crippen molar-refractivity contribution in [3.8, 4) is 0 Å². The molecule has 2 heterocycles. The van der Waals surface area contributed by atoms with Crippen molar-refractivity contribution >= 4 is 23.6 Å². The van der Waals surface area contributed by atoms with E-state index in [1.54, 1.807) is 30.2 Å². The van der Waals surface area contributed by atoms with E-state index in [9.17, 15) is 4.79 Å². The molecule has 21 heavy (non-hydrogen) atoms. The lowest BCUT2D eigenvalue weighted by molar-refractivity contribution is 0.0624. The van der Waals surface area contributed by atoms with Crippen LogP contribution in [0.4, 0.5) is 5.95 Å². The minimum Gasteiger partial charge on any atom is -0.348 e. The Kier molecular flexibility index (Phi) is 4.06. The van der Waals surface area contributed by atoms with Gasteiger partial charge in [-0.3, -0.25) is 4.79 Å². The number of carbonyl (C=O) groups is 1. The molecule has 1 N–H and O–H groups in total. The van der Waals surface area contributed by atoms with Crippen LogP contribution < -0.4 is 5.32 Å². The van der Waals surface area contributed by atoms with Gasteiger partial charge in [0.25, 0.3) is 5.91 Å². The molecule has 1 aromatic heterocycles. The fourth-order valence-electron chi connectivity index (χ4n) is 2.23. The Morgan fingerprint density at radius 2 is 2.05 bits per heavy atom. The standard InChI is InChI=1S/C15H16N4OS/c1-21-13-5-2-4-11(8-13)14(20)19-9-12(10-19)18-15-16-6-3-7-17-15/h2-8,12H,9-10H2,1H3,(H,16,17,18). The molecular formula is C15H16N4OS. The summed E-state index contributed by atoms with van der Waals surface area (Å²) in [5.41, 5.74) is 0.747. The summed E-state index contributed by atoms with van der Waals surface area (Å²) < 4.78 is 0. The minimum absolute atomic E-state index is 0.0814. The number of aromatic nitrogens is 2. The Bertz CT molecular complexity index is 629. The molecule has 0 aliphatic carbocycles. The van der Waals surface area contributed by atoms with E-state index in [2.05, 4.69) is 15.3 Å². The summed E-state index contributed by atoms with van der Waals surface area (Å²) in [6.45, 7) is 1.36. The Morgan fingerprint density at radius 3 is 2.76 bits per heavy atom. The van der Waals surface area contributed by atoms with Crippen molar-refractivity contribution in [2.24, 2.45) is 0 Å². The average molecular weight is 300 g/mol. The molecule has 1 saturated heterocycles. The van der Waals surface area contributed by atoms with Gasteiger partial charge in [-0.15, -0.1) is 11.8 Å². The van der Waals surface area contributed by atoms with Crippen LogP contribution in [0.1, 0.15) is 10.4 Å². The molecule has 0 radical (unpaired) electrons. The first-order valence-corrected chi connectivity index (χ1v) is 7.95. The number of thioether (sulfide) groups is 1. The van der Waals surface area contributed by atoms with Crippen LogP contribution in [-0.4, -0.2) is 46.2 Å². The summed E-state index contributed by atoms with van der Waals surface area (Å²) in [4.78, 5) is 23.5. The lowest BCUT2D eigenvalue weighted by Crippen LogP contribution is -2.57. The largest absolute Gasteiger partial charge is 0.348 e. The van der Waals surface area contributed by atoms with Crippen LogP contribution in [0.3, 0.4) is 0 Å². The summed E-state index contributed by atoms with van der Waals surface area (Å²) in [5.74, 6) is 0.692. The Hall–Kier alpha value is -2.08. The molecule has 1 fully saturated rings. The maximum Gasteiger partial charge on any atom is 0.254 e. The van der Waals surface area contributed by atoms with Crippen LogP contribution in [0.5, 0.6) is 0 Å². The van der Waals surface area contributed by atoms with E-state index in [4.69, 9.17) is 0 Å². The van der Waals surface area contributed by atoms with Gasteiger partial charge in [0, 0.05) is 35.9 Å². The highest BCUT2D eigenvalue weighted by atomic mass is 32.2. The van der Waals surface area contributed by atoms with Gasteiger partial charge >= 0.3 is 0 Å². The third-order valence-electron chi connectivity index (χ3n) is 3.38. The lowest BCUT2D eigenvalue weighted by atomic mass is 10.1. The van der Waals surface area contributed by atoms with Gasteiger partial charge in [0.15, 0.2) is 0 Å². The predicted octanol–water partition coefficient (Wildman–Crippen LogP) is 2.13. The smallest absolute Gasteiger partial charge is 0.254 e. The summed E-state index contributed by atoms with van der Waals surface area (Å²) >= 11 is 1.64. The van der Waals surface area contributed by atoms with Crippen LogP contribution in [0.2, 0.25) is 0 Å². The first-order chi connectivity index (χ1) is 10.3. The molecule has 3 rings (SSSR count). The quantitative estimate of drug-likeness (QED) is 0.877. The zero-order valence-electron chi connectivity index (χ0n) is 11.7. The molecule has 2 aromatic rings. The van der Waals surface area contributed by atoms with Crippen molar-refractivity contribution in [1.29, 1.82) is 0 Å². The van der Waals surface area contributed by atoms with Crippen LogP contribution >= 0.6 is 11.8 Å². The molecular weight excluding hydrogens is 284 g/mol. The minimum atomic E-state index is 0.0814. The van der Waals surface area contributed by atoms with Gasteiger partial charge in [-0.1, -0.05) is 6.07 Å². The van der Waals surface area contributed by atoms with E-state index in [-0.39, 0.29) is 11.9 Å². The fraction of sp³-hybridized carbons (Fsp3) is 0.267. The molecule has 1 amide bonds. The van der Waals surface area contributed by atoms with Gasteiger partial charge in [0.05, 0.1) is 6.04 Å². The van der Waals surface area contributed by atoms with Crippen molar-refractivity contribution in [2.75, 3.05) is 24.7 Å². The molecule has 108 valence electrons. The number of benzene rings is 1. The van der Waals surface area contributed by atoms with E-state index < -0.39 is 0 Å². The Balaban J connectivity index is 1.57. The van der Waals surface area contributed by atoms with E-state index in [0.717, 1.165) is 10.5 Å². The number of anilines is 1. The normalized spacial score (nSPS) is 14.6. The maximum atomic E-state index is 12.4. The SMILES string of the molecule is CSc1cccc(C(=O)N2CC(Nc3ncccn3)C2)c1. The van der Waals surface area contributed by atoms with Gasteiger partial charge in [-0.05, 0) is 30.5 Å². The van der Waals surface area contributed by atoms with E-state index in [1.807, 2.05) is 35.4 Å². The zero-order chi connectivity index (χ0) is 14.7. The first-order valence-electron chi connectivity index (χ1n) is 6.73. The number of carbonyl (C=O) groups excluding carboxylic acids is 1. The highest BCUT2D eigenvalue weighted by Gasteiger charge is 2.31. The number of nitrogens with one attached hydrogen (secondary N) is 1. The second kappa shape index (κ2) is 6.13. The predicted molar refractivity (Wildman–Crippen MR) is 83.6 cm³/mol. The van der Waals surface area contributed by atoms with E-state index >= 15 is 0 Å². The van der Waals surface area contributed by atoms with E-state index in [0.29, 0.717) is 19.0 Å². The highest BCUT2D eigenvalue weighted by molar-refractivity contribution is 7.98. The Labute approximate surface area is 127 Å². The van der Waals surface area contributed by atoms with Gasteiger partial charge in [-0.25, -0.2) is 9.97 Å². The maximum absolute atomic E-state index is 12.4. The number of likely N-dealkylation sites (tertiary alicyclic amines) is 1. The van der Waals surface area contributed by atoms with Crippen LogP contribution in [0, 0.1) is 0 Å². The monoisotopic (exact) mass is 300 g/mol. The molecule has 0 unspecified atom stereocenters. The topological polar surface area (TPSA) is 58.1 Å². The fourth-order valence-corrected chi connectivity index (χ4v) is 2.69. The second-order valence-corrected chi connectivity index (χ2v) is 5.74. The van der Waals surface area contributed by atoms with Crippen LogP contribution in [0.15, 0.2) is 47.6 Å². The van der Waals surface area contributed by atoms with Gasteiger partial charge in [-0.2, -0.15) is 0 Å². The molecule has 0 atom stereocenters. The van der Waals surface area contributed by atoms with Crippen molar-refractivity contribution in [3.05, 3.63) is 48.3 Å². The van der Waals surface area contributed by atoms with Crippen molar-refractivity contribution in [3.63, 3.8) is 0 Å². The van der Waals surface area contributed by atoms with E-state index in [1.165, 1.54) is 0 Å². The number of hydrogen-bond donors (Lipinski definition) is 1.